The maximum Gasteiger partial charge on any atom is 0.152 e. The Bertz CT molecular complexity index is 277. The molecule has 11 heavy (non-hydrogen) atoms. The minimum absolute atomic E-state index is 0.0718. The molecule has 0 aliphatic carbocycles. The summed E-state index contributed by atoms with van der Waals surface area (Å²) in [5.74, 6) is -0.574. The molecule has 4 heteroatoms. The number of carbonyl (C=O) groups excluding carboxylic acids is 1. The van der Waals surface area contributed by atoms with Crippen LogP contribution in [0.1, 0.15) is 10.4 Å². The first-order valence-electron chi connectivity index (χ1n) is 3.17. The second-order valence-electron chi connectivity index (χ2n) is 2.03. The molecule has 0 unspecified atom stereocenters. The Balaban J connectivity index is 3.24. The van der Waals surface area contributed by atoms with Crippen molar-refractivity contribution in [3.8, 4) is 0 Å². The third-order valence-electron chi connectivity index (χ3n) is 1.40. The van der Waals surface area contributed by atoms with E-state index in [0.29, 0.717) is 11.7 Å². The second-order valence-corrected chi connectivity index (χ2v) is 2.03. The van der Waals surface area contributed by atoms with Gasteiger partial charge in [-0.2, -0.15) is 0 Å². The Labute approximate surface area is 64.7 Å². The predicted molar refractivity (Wildman–Crippen MR) is 40.8 cm³/mol. The molecule has 1 aromatic rings. The summed E-state index contributed by atoms with van der Waals surface area (Å²) in [6, 6.07) is 0. The zero-order valence-electron chi connectivity index (χ0n) is 6.04. The van der Waals surface area contributed by atoms with Crippen molar-refractivity contribution in [2.24, 2.45) is 0 Å². The molecule has 1 aromatic heterocycles. The molecule has 0 aliphatic heterocycles. The third kappa shape index (κ3) is 1.45. The van der Waals surface area contributed by atoms with Gasteiger partial charge in [0.2, 0.25) is 0 Å². The summed E-state index contributed by atoms with van der Waals surface area (Å²) in [4.78, 5) is 13.9. The molecule has 2 nitrogen and oxygen atoms in total. The fourth-order valence-electron chi connectivity index (χ4n) is 0.814. The first-order valence-corrected chi connectivity index (χ1v) is 3.17. The zero-order chi connectivity index (χ0) is 8.27. The first kappa shape index (κ1) is 7.92. The van der Waals surface area contributed by atoms with E-state index in [0.717, 1.165) is 6.20 Å². The number of halogens is 1. The van der Waals surface area contributed by atoms with Gasteiger partial charge in [0.05, 0.1) is 6.20 Å². The molecule has 0 aliphatic rings. The van der Waals surface area contributed by atoms with Gasteiger partial charge < -0.3 is 0 Å². The predicted octanol–water partition coefficient (Wildman–Crippen LogP) is 0.411. The maximum absolute atomic E-state index is 12.7. The van der Waals surface area contributed by atoms with Crippen molar-refractivity contribution in [3.05, 3.63) is 23.8 Å². The number of carbonyl (C=O) groups is 1. The van der Waals surface area contributed by atoms with Crippen LogP contribution < -0.4 is 5.46 Å². The van der Waals surface area contributed by atoms with Crippen molar-refractivity contribution in [2.75, 3.05) is 0 Å². The molecule has 0 amide bonds. The van der Waals surface area contributed by atoms with Gasteiger partial charge in [-0.3, -0.25) is 9.78 Å². The molecule has 0 saturated heterocycles. The Morgan fingerprint density at radius 3 is 2.82 bits per heavy atom. The Morgan fingerprint density at radius 2 is 2.36 bits per heavy atom. The van der Waals surface area contributed by atoms with Crippen molar-refractivity contribution < 1.29 is 9.18 Å². The SMILES string of the molecule is C[B]c1cncc(F)c1C=O. The standard InChI is InChI=1S/C7H6BFNO/c1-8-6-2-10-3-7(9)5(6)4-11/h2-4H,1H3. The van der Waals surface area contributed by atoms with E-state index in [1.807, 2.05) is 0 Å². The molecule has 1 radical (unpaired) electrons. The van der Waals surface area contributed by atoms with Gasteiger partial charge in [-0.05, 0) is 0 Å². The monoisotopic (exact) mass is 150 g/mol. The highest BCUT2D eigenvalue weighted by Gasteiger charge is 2.05. The lowest BCUT2D eigenvalue weighted by Crippen LogP contribution is -2.18. The minimum Gasteiger partial charge on any atom is -0.298 e. The lowest BCUT2D eigenvalue weighted by atomic mass is 9.72. The van der Waals surface area contributed by atoms with E-state index in [1.165, 1.54) is 6.20 Å². The Kier molecular flexibility index (Phi) is 2.36. The third-order valence-corrected chi connectivity index (χ3v) is 1.40. The van der Waals surface area contributed by atoms with Gasteiger partial charge in [-0.1, -0.05) is 12.3 Å². The molecule has 0 fully saturated rings. The van der Waals surface area contributed by atoms with Crippen LogP contribution in [0.5, 0.6) is 0 Å². The highest BCUT2D eigenvalue weighted by atomic mass is 19.1. The van der Waals surface area contributed by atoms with Crippen molar-refractivity contribution in [3.63, 3.8) is 0 Å². The highest BCUT2D eigenvalue weighted by molar-refractivity contribution is 6.53. The average molecular weight is 150 g/mol. The van der Waals surface area contributed by atoms with Crippen molar-refractivity contribution in [1.29, 1.82) is 0 Å². The van der Waals surface area contributed by atoms with Gasteiger partial charge in [-0.15, -0.1) is 0 Å². The van der Waals surface area contributed by atoms with E-state index in [4.69, 9.17) is 0 Å². The van der Waals surface area contributed by atoms with Crippen molar-refractivity contribution in [2.45, 2.75) is 6.82 Å². The normalized spacial score (nSPS) is 9.27. The number of aromatic nitrogens is 1. The molecule has 0 atom stereocenters. The van der Waals surface area contributed by atoms with E-state index in [-0.39, 0.29) is 5.56 Å². The summed E-state index contributed by atoms with van der Waals surface area (Å²) in [6.45, 7) is 1.73. The quantitative estimate of drug-likeness (QED) is 0.451. The Morgan fingerprint density at radius 1 is 1.64 bits per heavy atom. The summed E-state index contributed by atoms with van der Waals surface area (Å²) in [6.07, 6.45) is 2.97. The smallest absolute Gasteiger partial charge is 0.152 e. The number of hydrogen-bond donors (Lipinski definition) is 0. The van der Waals surface area contributed by atoms with Crippen LogP contribution in [-0.2, 0) is 0 Å². The largest absolute Gasteiger partial charge is 0.298 e. The van der Waals surface area contributed by atoms with Gasteiger partial charge in [-0.25, -0.2) is 4.39 Å². The first-order chi connectivity index (χ1) is 5.29. The van der Waals surface area contributed by atoms with Crippen LogP contribution in [-0.4, -0.2) is 18.5 Å². The van der Waals surface area contributed by atoms with Crippen LogP contribution in [0.15, 0.2) is 12.4 Å². The number of nitrogens with zero attached hydrogens (tertiary/aromatic N) is 1. The van der Waals surface area contributed by atoms with Crippen molar-refractivity contribution in [1.82, 2.24) is 4.98 Å². The van der Waals surface area contributed by atoms with Gasteiger partial charge in [0.25, 0.3) is 0 Å². The van der Waals surface area contributed by atoms with Crippen LogP contribution in [0.3, 0.4) is 0 Å². The molecule has 0 saturated carbocycles. The summed E-state index contributed by atoms with van der Waals surface area (Å²) in [7, 11) is 1.64. The maximum atomic E-state index is 12.7. The number of hydrogen-bond acceptors (Lipinski definition) is 2. The zero-order valence-corrected chi connectivity index (χ0v) is 6.04. The highest BCUT2D eigenvalue weighted by Crippen LogP contribution is 1.97. The molecule has 0 N–H and O–H groups in total. The average Bonchev–Trinajstić information content (AvgIpc) is 2.04. The van der Waals surface area contributed by atoms with Crippen LogP contribution in [0, 0.1) is 5.82 Å². The second kappa shape index (κ2) is 3.28. The lowest BCUT2D eigenvalue weighted by molar-refractivity contribution is 0.112. The number of pyridine rings is 1. The fourth-order valence-corrected chi connectivity index (χ4v) is 0.814. The summed E-state index contributed by atoms with van der Waals surface area (Å²) in [5, 5.41) is 0. The van der Waals surface area contributed by atoms with E-state index in [1.54, 1.807) is 14.1 Å². The van der Waals surface area contributed by atoms with E-state index in [9.17, 15) is 9.18 Å². The van der Waals surface area contributed by atoms with E-state index < -0.39 is 5.82 Å². The number of aldehydes is 1. The van der Waals surface area contributed by atoms with Crippen LogP contribution >= 0.6 is 0 Å². The van der Waals surface area contributed by atoms with E-state index >= 15 is 0 Å². The van der Waals surface area contributed by atoms with Gasteiger partial charge in [0, 0.05) is 11.8 Å². The van der Waals surface area contributed by atoms with Crippen LogP contribution in [0.4, 0.5) is 4.39 Å². The lowest BCUT2D eigenvalue weighted by Gasteiger charge is -1.99. The van der Waals surface area contributed by atoms with Crippen LogP contribution in [0.2, 0.25) is 6.82 Å². The molecule has 1 rings (SSSR count). The summed E-state index contributed by atoms with van der Waals surface area (Å²) < 4.78 is 12.7. The van der Waals surface area contributed by atoms with Crippen molar-refractivity contribution >= 4 is 19.0 Å². The summed E-state index contributed by atoms with van der Waals surface area (Å²) in [5.41, 5.74) is 0.600. The minimum atomic E-state index is -0.574. The molecule has 0 aromatic carbocycles. The molecular formula is C7H6BFNO. The van der Waals surface area contributed by atoms with Gasteiger partial charge in [0.15, 0.2) is 19.4 Å². The van der Waals surface area contributed by atoms with Crippen LogP contribution in [0.25, 0.3) is 0 Å². The molecular weight excluding hydrogens is 144 g/mol. The van der Waals surface area contributed by atoms with E-state index in [2.05, 4.69) is 4.98 Å². The molecule has 1 heterocycles. The molecule has 0 spiro atoms. The Hall–Kier alpha value is -1.19. The summed E-state index contributed by atoms with van der Waals surface area (Å²) >= 11 is 0. The number of rotatable bonds is 2. The fraction of sp³-hybridized carbons (Fsp3) is 0.143. The van der Waals surface area contributed by atoms with Gasteiger partial charge >= 0.3 is 0 Å². The molecule has 55 valence electrons. The van der Waals surface area contributed by atoms with Gasteiger partial charge in [0.1, 0.15) is 0 Å². The topological polar surface area (TPSA) is 30.0 Å². The molecule has 0 bridgehead atoms.